The zero-order valence-corrected chi connectivity index (χ0v) is 16.2. The molecule has 0 saturated carbocycles. The Morgan fingerprint density at radius 1 is 1.25 bits per heavy atom. The molecule has 4 rings (SSSR count). The van der Waals surface area contributed by atoms with Crippen LogP contribution in [-0.4, -0.2) is 25.4 Å². The summed E-state index contributed by atoms with van der Waals surface area (Å²) in [5.74, 6) is -0.484. The first-order chi connectivity index (χ1) is 13.6. The molecule has 4 aromatic rings. The number of hydrogen-bond acceptors (Lipinski definition) is 6. The third-order valence-electron chi connectivity index (χ3n) is 4.33. The second-order valence-electron chi connectivity index (χ2n) is 6.22. The number of nitrogens with one attached hydrogen (secondary N) is 1. The molecule has 0 unspecified atom stereocenters. The van der Waals surface area contributed by atoms with Gasteiger partial charge in [0.2, 0.25) is 5.43 Å². The second-order valence-corrected chi connectivity index (χ2v) is 7.07. The summed E-state index contributed by atoms with van der Waals surface area (Å²) in [6.07, 6.45) is 4.95. The highest BCUT2D eigenvalue weighted by Gasteiger charge is 2.17. The van der Waals surface area contributed by atoms with Crippen LogP contribution in [0.25, 0.3) is 22.3 Å². The minimum absolute atomic E-state index is 0.0677. The number of amides is 1. The van der Waals surface area contributed by atoms with Crippen molar-refractivity contribution in [3.8, 4) is 11.3 Å². The number of carbonyl (C=O) groups excluding carboxylic acids is 1. The van der Waals surface area contributed by atoms with Crippen LogP contribution in [0.15, 0.2) is 53.0 Å². The van der Waals surface area contributed by atoms with Gasteiger partial charge in [-0.25, -0.2) is 9.97 Å². The average molecular weight is 391 g/mol. The van der Waals surface area contributed by atoms with E-state index in [1.54, 1.807) is 30.7 Å². The van der Waals surface area contributed by atoms with Crippen molar-refractivity contribution in [1.29, 1.82) is 0 Å². The molecule has 0 atom stereocenters. The molecule has 0 aliphatic carbocycles. The molecule has 0 aliphatic rings. The van der Waals surface area contributed by atoms with Gasteiger partial charge in [0.15, 0.2) is 5.13 Å². The van der Waals surface area contributed by atoms with Crippen molar-refractivity contribution >= 4 is 33.4 Å². The Morgan fingerprint density at radius 2 is 2.11 bits per heavy atom. The number of rotatable bonds is 4. The van der Waals surface area contributed by atoms with Crippen molar-refractivity contribution in [2.75, 3.05) is 5.32 Å². The monoisotopic (exact) mass is 391 g/mol. The Labute approximate surface area is 164 Å². The summed E-state index contributed by atoms with van der Waals surface area (Å²) in [6.45, 7) is 4.40. The Kier molecular flexibility index (Phi) is 4.70. The van der Waals surface area contributed by atoms with Crippen LogP contribution in [0.3, 0.4) is 0 Å². The van der Waals surface area contributed by atoms with E-state index in [0.29, 0.717) is 22.7 Å². The largest absolute Gasteiger partial charge is 0.332 e. The molecule has 0 bridgehead atoms. The van der Waals surface area contributed by atoms with Crippen LogP contribution in [0.5, 0.6) is 0 Å². The molecule has 1 amide bonds. The van der Waals surface area contributed by atoms with Gasteiger partial charge in [-0.05, 0) is 38.1 Å². The van der Waals surface area contributed by atoms with Crippen molar-refractivity contribution in [3.63, 3.8) is 0 Å². The topological polar surface area (TPSA) is 89.8 Å². The van der Waals surface area contributed by atoms with Crippen LogP contribution in [-0.2, 0) is 6.54 Å². The number of carbonyl (C=O) groups is 1. The summed E-state index contributed by atoms with van der Waals surface area (Å²) in [5, 5.41) is 5.42. The van der Waals surface area contributed by atoms with Gasteiger partial charge in [-0.2, -0.15) is 0 Å². The fraction of sp³-hybridized carbons (Fsp3) is 0.150. The number of nitrogens with zero attached hydrogens (tertiary/aromatic N) is 4. The summed E-state index contributed by atoms with van der Waals surface area (Å²) in [7, 11) is 0. The van der Waals surface area contributed by atoms with Gasteiger partial charge >= 0.3 is 0 Å². The molecule has 0 spiro atoms. The summed E-state index contributed by atoms with van der Waals surface area (Å²) in [4.78, 5) is 38.5. The van der Waals surface area contributed by atoms with Crippen molar-refractivity contribution in [3.05, 3.63) is 69.7 Å². The molecule has 0 aliphatic heterocycles. The highest BCUT2D eigenvalue weighted by molar-refractivity contribution is 7.14. The highest BCUT2D eigenvalue weighted by atomic mass is 32.1. The molecular formula is C20H17N5O2S. The first-order valence-corrected chi connectivity index (χ1v) is 9.63. The van der Waals surface area contributed by atoms with E-state index in [2.05, 4.69) is 20.3 Å². The van der Waals surface area contributed by atoms with E-state index in [9.17, 15) is 9.59 Å². The maximum atomic E-state index is 12.8. The molecule has 7 nitrogen and oxygen atoms in total. The van der Waals surface area contributed by atoms with Crippen LogP contribution < -0.4 is 10.7 Å². The molecule has 1 N–H and O–H groups in total. The first-order valence-electron chi connectivity index (χ1n) is 8.75. The van der Waals surface area contributed by atoms with Crippen molar-refractivity contribution in [2.45, 2.75) is 20.4 Å². The number of aromatic nitrogens is 4. The lowest BCUT2D eigenvalue weighted by molar-refractivity contribution is 0.102. The van der Waals surface area contributed by atoms with Crippen LogP contribution in [0.1, 0.15) is 23.0 Å². The number of aryl methyl sites for hydroxylation is 2. The zero-order chi connectivity index (χ0) is 19.7. The van der Waals surface area contributed by atoms with Gasteiger partial charge in [0.25, 0.3) is 5.91 Å². The van der Waals surface area contributed by atoms with E-state index >= 15 is 0 Å². The SMILES string of the molecule is CCn1cc(C(=O)Nc2nc(-c3cccnc3)cs2)c(=O)c2ccc(C)nc21. The van der Waals surface area contributed by atoms with Crippen LogP contribution in [0.4, 0.5) is 5.13 Å². The molecule has 4 aromatic heterocycles. The molecule has 0 aromatic carbocycles. The van der Waals surface area contributed by atoms with Gasteiger partial charge in [-0.15, -0.1) is 11.3 Å². The van der Waals surface area contributed by atoms with E-state index in [1.165, 1.54) is 11.3 Å². The maximum absolute atomic E-state index is 12.8. The summed E-state index contributed by atoms with van der Waals surface area (Å²) >= 11 is 1.30. The minimum Gasteiger partial charge on any atom is -0.332 e. The molecule has 8 heteroatoms. The van der Waals surface area contributed by atoms with Gasteiger partial charge in [0.1, 0.15) is 11.2 Å². The predicted octanol–water partition coefficient (Wildman–Crippen LogP) is 3.50. The first kappa shape index (κ1) is 18.0. The number of pyridine rings is 3. The van der Waals surface area contributed by atoms with Crippen molar-refractivity contribution in [1.82, 2.24) is 19.5 Å². The van der Waals surface area contributed by atoms with E-state index < -0.39 is 5.91 Å². The second kappa shape index (κ2) is 7.32. The zero-order valence-electron chi connectivity index (χ0n) is 15.3. The lowest BCUT2D eigenvalue weighted by atomic mass is 10.1. The molecular weight excluding hydrogens is 374 g/mol. The fourth-order valence-electron chi connectivity index (χ4n) is 2.91. The number of hydrogen-bond donors (Lipinski definition) is 1. The highest BCUT2D eigenvalue weighted by Crippen LogP contribution is 2.24. The van der Waals surface area contributed by atoms with Crippen molar-refractivity contribution < 1.29 is 4.79 Å². The predicted molar refractivity (Wildman–Crippen MR) is 110 cm³/mol. The summed E-state index contributed by atoms with van der Waals surface area (Å²) in [6, 6.07) is 7.20. The molecule has 0 fully saturated rings. The standard InChI is InChI=1S/C20H17N5O2S/c1-3-25-10-15(17(26)14-7-6-12(2)22-18(14)25)19(27)24-20-23-16(11-28-20)13-5-4-8-21-9-13/h4-11H,3H2,1-2H3,(H,23,24,27). The van der Waals surface area contributed by atoms with E-state index in [4.69, 9.17) is 0 Å². The normalized spacial score (nSPS) is 10.9. The number of anilines is 1. The van der Waals surface area contributed by atoms with Crippen molar-refractivity contribution in [2.24, 2.45) is 0 Å². The summed E-state index contributed by atoms with van der Waals surface area (Å²) in [5.41, 5.74) is 2.71. The maximum Gasteiger partial charge on any atom is 0.262 e. The van der Waals surface area contributed by atoms with Gasteiger partial charge in [0, 0.05) is 41.8 Å². The smallest absolute Gasteiger partial charge is 0.262 e. The molecule has 140 valence electrons. The molecule has 0 radical (unpaired) electrons. The van der Waals surface area contributed by atoms with Gasteiger partial charge < -0.3 is 4.57 Å². The minimum atomic E-state index is -0.484. The Morgan fingerprint density at radius 3 is 2.86 bits per heavy atom. The quantitative estimate of drug-likeness (QED) is 0.575. The van der Waals surface area contributed by atoms with Gasteiger partial charge in [-0.3, -0.25) is 19.9 Å². The lowest BCUT2D eigenvalue weighted by Crippen LogP contribution is -2.24. The summed E-state index contributed by atoms with van der Waals surface area (Å²) < 4.78 is 1.81. The fourth-order valence-corrected chi connectivity index (χ4v) is 3.62. The molecule has 0 saturated heterocycles. The van der Waals surface area contributed by atoms with Gasteiger partial charge in [-0.1, -0.05) is 0 Å². The van der Waals surface area contributed by atoms with Crippen LogP contribution in [0.2, 0.25) is 0 Å². The third kappa shape index (κ3) is 3.29. The van der Waals surface area contributed by atoms with Crippen LogP contribution >= 0.6 is 11.3 Å². The van der Waals surface area contributed by atoms with E-state index in [-0.39, 0.29) is 11.0 Å². The Bertz CT molecular complexity index is 1230. The van der Waals surface area contributed by atoms with Crippen LogP contribution in [0, 0.1) is 6.92 Å². The van der Waals surface area contributed by atoms with E-state index in [1.807, 2.05) is 35.9 Å². The average Bonchev–Trinajstić information content (AvgIpc) is 3.17. The molecule has 4 heterocycles. The Hall–Kier alpha value is -3.39. The Balaban J connectivity index is 1.68. The number of fused-ring (bicyclic) bond motifs is 1. The van der Waals surface area contributed by atoms with E-state index in [0.717, 1.165) is 17.0 Å². The van der Waals surface area contributed by atoms with Gasteiger partial charge in [0.05, 0.1) is 11.1 Å². The number of thiazole rings is 1. The molecule has 28 heavy (non-hydrogen) atoms. The lowest BCUT2D eigenvalue weighted by Gasteiger charge is -2.11. The third-order valence-corrected chi connectivity index (χ3v) is 5.09.